The van der Waals surface area contributed by atoms with E-state index in [4.69, 9.17) is 14.2 Å². The van der Waals surface area contributed by atoms with Crippen molar-refractivity contribution in [2.24, 2.45) is 0 Å². The summed E-state index contributed by atoms with van der Waals surface area (Å²) in [6.07, 6.45) is 7.64. The summed E-state index contributed by atoms with van der Waals surface area (Å²) in [5, 5.41) is 4.22. The maximum absolute atomic E-state index is 5.65. The molecule has 2 saturated heterocycles. The summed E-state index contributed by atoms with van der Waals surface area (Å²) in [6, 6.07) is 8.29. The number of pyridine rings is 2. The van der Waals surface area contributed by atoms with E-state index in [9.17, 15) is 0 Å². The molecule has 3 aromatic heterocycles. The molecule has 0 amide bonds. The lowest BCUT2D eigenvalue weighted by Crippen LogP contribution is -2.36. The molecule has 0 saturated carbocycles. The lowest BCUT2D eigenvalue weighted by molar-refractivity contribution is 0.122. The fourth-order valence-corrected chi connectivity index (χ4v) is 4.00. The third-order valence-corrected chi connectivity index (χ3v) is 5.57. The number of likely N-dealkylation sites (tertiary alicyclic amines) is 1. The minimum Gasteiger partial charge on any atom is -0.378 e. The van der Waals surface area contributed by atoms with Crippen molar-refractivity contribution in [1.29, 1.82) is 0 Å². The van der Waals surface area contributed by atoms with Crippen molar-refractivity contribution in [1.82, 2.24) is 25.0 Å². The number of nitrogens with zero attached hydrogens (tertiary/aromatic N) is 6. The van der Waals surface area contributed by atoms with E-state index < -0.39 is 0 Å². The molecule has 0 aliphatic carbocycles. The maximum Gasteiger partial charge on any atom is 0.244 e. The Morgan fingerprint density at radius 1 is 1.03 bits per heavy atom. The molecule has 150 valence electrons. The van der Waals surface area contributed by atoms with Crippen LogP contribution in [0.5, 0.6) is 0 Å². The fraction of sp³-hybridized carbons (Fsp3) is 0.429. The molecule has 3 aromatic rings. The Bertz CT molecular complexity index is 924. The zero-order valence-corrected chi connectivity index (χ0v) is 16.3. The second kappa shape index (κ2) is 8.26. The van der Waals surface area contributed by atoms with Crippen molar-refractivity contribution in [3.05, 3.63) is 54.3 Å². The SMILES string of the molecule is c1cc(CN2CCC[C@H]2c2nc(-c3ccc(N4CCOCC4)nc3)no2)ccn1. The van der Waals surface area contributed by atoms with Crippen LogP contribution in [0.2, 0.25) is 0 Å². The van der Waals surface area contributed by atoms with Crippen LogP contribution in [-0.4, -0.2) is 57.9 Å². The summed E-state index contributed by atoms with van der Waals surface area (Å²) in [5.41, 5.74) is 2.12. The first kappa shape index (κ1) is 18.2. The van der Waals surface area contributed by atoms with E-state index in [1.807, 2.05) is 30.7 Å². The zero-order chi connectivity index (χ0) is 19.5. The molecule has 2 aliphatic heterocycles. The van der Waals surface area contributed by atoms with Gasteiger partial charge in [0.05, 0.1) is 19.3 Å². The van der Waals surface area contributed by atoms with Crippen LogP contribution in [-0.2, 0) is 11.3 Å². The summed E-state index contributed by atoms with van der Waals surface area (Å²) < 4.78 is 11.1. The first-order chi connectivity index (χ1) is 14.4. The van der Waals surface area contributed by atoms with E-state index in [1.54, 1.807) is 0 Å². The number of ether oxygens (including phenoxy) is 1. The van der Waals surface area contributed by atoms with Gasteiger partial charge < -0.3 is 14.2 Å². The van der Waals surface area contributed by atoms with E-state index in [-0.39, 0.29) is 6.04 Å². The predicted octanol–water partition coefficient (Wildman–Crippen LogP) is 2.70. The van der Waals surface area contributed by atoms with E-state index in [2.05, 4.69) is 37.1 Å². The van der Waals surface area contributed by atoms with E-state index >= 15 is 0 Å². The predicted molar refractivity (Wildman–Crippen MR) is 107 cm³/mol. The molecule has 1 atom stereocenters. The molecule has 5 rings (SSSR count). The lowest BCUT2D eigenvalue weighted by atomic mass is 10.2. The highest BCUT2D eigenvalue weighted by atomic mass is 16.5. The summed E-state index contributed by atoms with van der Waals surface area (Å²) in [6.45, 7) is 5.12. The number of aromatic nitrogens is 4. The third kappa shape index (κ3) is 3.99. The molecular weight excluding hydrogens is 368 g/mol. The number of hydrogen-bond acceptors (Lipinski definition) is 8. The zero-order valence-electron chi connectivity index (χ0n) is 16.3. The summed E-state index contributed by atoms with van der Waals surface area (Å²) in [5.74, 6) is 2.24. The van der Waals surface area contributed by atoms with Crippen molar-refractivity contribution in [2.45, 2.75) is 25.4 Å². The average Bonchev–Trinajstić information content (AvgIpc) is 3.45. The number of rotatable bonds is 5. The van der Waals surface area contributed by atoms with Gasteiger partial charge in [-0.2, -0.15) is 4.98 Å². The first-order valence-corrected chi connectivity index (χ1v) is 10.1. The second-order valence-corrected chi connectivity index (χ2v) is 7.44. The van der Waals surface area contributed by atoms with Crippen molar-refractivity contribution < 1.29 is 9.26 Å². The van der Waals surface area contributed by atoms with Gasteiger partial charge in [0.25, 0.3) is 0 Å². The van der Waals surface area contributed by atoms with Crippen LogP contribution in [0.25, 0.3) is 11.4 Å². The Morgan fingerprint density at radius 3 is 2.69 bits per heavy atom. The molecule has 8 heteroatoms. The van der Waals surface area contributed by atoms with Gasteiger partial charge in [0.15, 0.2) is 0 Å². The average molecular weight is 392 g/mol. The Balaban J connectivity index is 1.29. The van der Waals surface area contributed by atoms with Gasteiger partial charge in [0.2, 0.25) is 11.7 Å². The van der Waals surface area contributed by atoms with E-state index in [0.29, 0.717) is 11.7 Å². The van der Waals surface area contributed by atoms with E-state index in [0.717, 1.165) is 63.6 Å². The molecule has 0 unspecified atom stereocenters. The molecule has 8 nitrogen and oxygen atoms in total. The summed E-state index contributed by atoms with van der Waals surface area (Å²) in [4.78, 5) is 18.0. The Kier molecular flexibility index (Phi) is 5.19. The molecule has 2 fully saturated rings. The number of morpholine rings is 1. The van der Waals surface area contributed by atoms with Gasteiger partial charge in [0, 0.05) is 43.8 Å². The highest BCUT2D eigenvalue weighted by Gasteiger charge is 2.30. The van der Waals surface area contributed by atoms with Gasteiger partial charge in [-0.25, -0.2) is 4.98 Å². The molecule has 0 aromatic carbocycles. The molecule has 0 spiro atoms. The third-order valence-electron chi connectivity index (χ3n) is 5.57. The monoisotopic (exact) mass is 392 g/mol. The molecular formula is C21H24N6O2. The Labute approximate surface area is 169 Å². The highest BCUT2D eigenvalue weighted by Crippen LogP contribution is 2.33. The molecule has 0 radical (unpaired) electrons. The topological polar surface area (TPSA) is 80.4 Å². The van der Waals surface area contributed by atoms with Crippen molar-refractivity contribution >= 4 is 5.82 Å². The number of anilines is 1. The van der Waals surface area contributed by atoms with Crippen molar-refractivity contribution in [2.75, 3.05) is 37.7 Å². The standard InChI is InChI=1S/C21H24N6O2/c1-2-18(27(9-1)15-16-5-7-22-8-6-16)21-24-20(25-29-21)17-3-4-19(23-14-17)26-10-12-28-13-11-26/h3-8,14,18H,1-2,9-13,15H2/t18-/m0/s1. The Morgan fingerprint density at radius 2 is 1.90 bits per heavy atom. The molecule has 0 N–H and O–H groups in total. The minimum atomic E-state index is 0.157. The molecule has 29 heavy (non-hydrogen) atoms. The van der Waals surface area contributed by atoms with Gasteiger partial charge in [-0.15, -0.1) is 0 Å². The van der Waals surface area contributed by atoms with Crippen LogP contribution in [0.4, 0.5) is 5.82 Å². The second-order valence-electron chi connectivity index (χ2n) is 7.44. The van der Waals surface area contributed by atoms with Gasteiger partial charge in [0.1, 0.15) is 5.82 Å². The van der Waals surface area contributed by atoms with Crippen LogP contribution in [0.1, 0.15) is 30.3 Å². The van der Waals surface area contributed by atoms with E-state index in [1.165, 1.54) is 5.56 Å². The summed E-state index contributed by atoms with van der Waals surface area (Å²) in [7, 11) is 0. The smallest absolute Gasteiger partial charge is 0.244 e. The van der Waals surface area contributed by atoms with Crippen LogP contribution in [0, 0.1) is 0 Å². The molecule has 2 aliphatic rings. The quantitative estimate of drug-likeness (QED) is 0.656. The largest absolute Gasteiger partial charge is 0.378 e. The highest BCUT2D eigenvalue weighted by molar-refractivity contribution is 5.56. The van der Waals surface area contributed by atoms with Crippen molar-refractivity contribution in [3.8, 4) is 11.4 Å². The molecule has 0 bridgehead atoms. The van der Waals surface area contributed by atoms with Gasteiger partial charge in [-0.3, -0.25) is 9.88 Å². The van der Waals surface area contributed by atoms with Gasteiger partial charge in [-0.05, 0) is 49.2 Å². The van der Waals surface area contributed by atoms with Gasteiger partial charge in [-0.1, -0.05) is 5.16 Å². The van der Waals surface area contributed by atoms with Crippen LogP contribution >= 0.6 is 0 Å². The minimum absolute atomic E-state index is 0.157. The van der Waals surface area contributed by atoms with Crippen molar-refractivity contribution in [3.63, 3.8) is 0 Å². The van der Waals surface area contributed by atoms with Gasteiger partial charge >= 0.3 is 0 Å². The summed E-state index contributed by atoms with van der Waals surface area (Å²) >= 11 is 0. The van der Waals surface area contributed by atoms with Crippen LogP contribution < -0.4 is 4.90 Å². The maximum atomic E-state index is 5.65. The Hall–Kier alpha value is -2.84. The number of hydrogen-bond donors (Lipinski definition) is 0. The lowest BCUT2D eigenvalue weighted by Gasteiger charge is -2.27. The normalized spacial score (nSPS) is 20.3. The first-order valence-electron chi connectivity index (χ1n) is 10.1. The molecule has 5 heterocycles. The van der Waals surface area contributed by atoms with Crippen LogP contribution in [0.15, 0.2) is 47.4 Å². The van der Waals surface area contributed by atoms with Crippen LogP contribution in [0.3, 0.4) is 0 Å². The fourth-order valence-electron chi connectivity index (χ4n) is 4.00.